The summed E-state index contributed by atoms with van der Waals surface area (Å²) >= 11 is 0. The molecule has 0 unspecified atom stereocenters. The lowest BCUT2D eigenvalue weighted by Gasteiger charge is -1.98. The van der Waals surface area contributed by atoms with Gasteiger partial charge in [-0.3, -0.25) is 5.41 Å². The maximum Gasteiger partial charge on any atom is 0.186 e. The van der Waals surface area contributed by atoms with Gasteiger partial charge >= 0.3 is 0 Å². The third-order valence-electron chi connectivity index (χ3n) is 0.456. The molecule has 0 saturated heterocycles. The Labute approximate surface area is 42.6 Å². The first-order valence-corrected chi connectivity index (χ1v) is 2.00. The van der Waals surface area contributed by atoms with Crippen LogP contribution >= 0.6 is 0 Å². The van der Waals surface area contributed by atoms with Crippen LogP contribution in [0.25, 0.3) is 0 Å². The fraction of sp³-hybridized carbons (Fsp3) is 0.667. The van der Waals surface area contributed by atoms with Crippen molar-refractivity contribution in [1.29, 1.82) is 5.41 Å². The number of rotatable bonds is 2. The van der Waals surface area contributed by atoms with Gasteiger partial charge in [-0.1, -0.05) is 0 Å². The number of guanidine groups is 1. The first kappa shape index (κ1) is 6.23. The van der Waals surface area contributed by atoms with Crippen LogP contribution in [-0.2, 0) is 0 Å². The SMILES string of the molecule is CNCNC(=N)N. The fourth-order valence-corrected chi connectivity index (χ4v) is 0.184. The van der Waals surface area contributed by atoms with Gasteiger partial charge in [0.15, 0.2) is 5.96 Å². The molecule has 0 bridgehead atoms. The standard InChI is InChI=1S/C3H10N4/c1-6-2-7-3(4)5/h6H,2H2,1H3,(H4,4,5,7). The molecule has 0 heterocycles. The second-order valence-corrected chi connectivity index (χ2v) is 1.12. The van der Waals surface area contributed by atoms with Crippen LogP contribution in [0.1, 0.15) is 0 Å². The van der Waals surface area contributed by atoms with Crippen molar-refractivity contribution in [2.45, 2.75) is 0 Å². The molecule has 0 aromatic heterocycles. The molecule has 0 aliphatic carbocycles. The normalized spacial score (nSPS) is 8.14. The Bertz CT molecular complexity index is 60.0. The summed E-state index contributed by atoms with van der Waals surface area (Å²) < 4.78 is 0. The quantitative estimate of drug-likeness (QED) is 0.198. The molecule has 0 aromatic rings. The Morgan fingerprint density at radius 3 is 2.57 bits per heavy atom. The van der Waals surface area contributed by atoms with E-state index in [1.807, 2.05) is 0 Å². The highest BCUT2D eigenvalue weighted by Gasteiger charge is 1.77. The molecule has 0 aliphatic rings. The van der Waals surface area contributed by atoms with E-state index < -0.39 is 0 Å². The summed E-state index contributed by atoms with van der Waals surface area (Å²) in [5.74, 6) is -0.00523. The van der Waals surface area contributed by atoms with Gasteiger partial charge in [-0.2, -0.15) is 0 Å². The molecule has 42 valence electrons. The van der Waals surface area contributed by atoms with Crippen molar-refractivity contribution < 1.29 is 0 Å². The fourth-order valence-electron chi connectivity index (χ4n) is 0.184. The minimum absolute atomic E-state index is 0.00523. The Kier molecular flexibility index (Phi) is 3.04. The van der Waals surface area contributed by atoms with Crippen LogP contribution in [0, 0.1) is 5.41 Å². The minimum atomic E-state index is -0.00523. The number of nitrogens with one attached hydrogen (secondary N) is 3. The monoisotopic (exact) mass is 102 g/mol. The molecule has 0 atom stereocenters. The van der Waals surface area contributed by atoms with Crippen molar-refractivity contribution in [3.8, 4) is 0 Å². The Morgan fingerprint density at radius 2 is 2.43 bits per heavy atom. The van der Waals surface area contributed by atoms with E-state index in [1.165, 1.54) is 0 Å². The average Bonchev–Trinajstić information content (AvgIpc) is 1.61. The lowest BCUT2D eigenvalue weighted by atomic mass is 10.9. The lowest BCUT2D eigenvalue weighted by Crippen LogP contribution is -2.36. The topological polar surface area (TPSA) is 73.9 Å². The van der Waals surface area contributed by atoms with Gasteiger partial charge in [-0.05, 0) is 7.05 Å². The molecule has 0 aliphatic heterocycles. The van der Waals surface area contributed by atoms with Crippen molar-refractivity contribution in [3.05, 3.63) is 0 Å². The van der Waals surface area contributed by atoms with Gasteiger partial charge < -0.3 is 16.4 Å². The van der Waals surface area contributed by atoms with Crippen LogP contribution in [0.3, 0.4) is 0 Å². The van der Waals surface area contributed by atoms with Gasteiger partial charge in [0.25, 0.3) is 0 Å². The van der Waals surface area contributed by atoms with Gasteiger partial charge in [-0.15, -0.1) is 0 Å². The number of hydrogen-bond donors (Lipinski definition) is 4. The van der Waals surface area contributed by atoms with E-state index in [0.717, 1.165) is 0 Å². The second kappa shape index (κ2) is 3.42. The second-order valence-electron chi connectivity index (χ2n) is 1.12. The molecule has 0 radical (unpaired) electrons. The average molecular weight is 102 g/mol. The Morgan fingerprint density at radius 1 is 1.86 bits per heavy atom. The van der Waals surface area contributed by atoms with E-state index >= 15 is 0 Å². The third kappa shape index (κ3) is 5.23. The summed E-state index contributed by atoms with van der Waals surface area (Å²) in [4.78, 5) is 0. The van der Waals surface area contributed by atoms with E-state index in [9.17, 15) is 0 Å². The highest BCUT2D eigenvalue weighted by molar-refractivity contribution is 5.74. The first-order chi connectivity index (χ1) is 3.27. The lowest BCUT2D eigenvalue weighted by molar-refractivity contribution is 0.754. The van der Waals surface area contributed by atoms with Crippen molar-refractivity contribution >= 4 is 5.96 Å². The summed E-state index contributed by atoms with van der Waals surface area (Å²) in [6.45, 7) is 0.551. The van der Waals surface area contributed by atoms with Crippen LogP contribution in [0.4, 0.5) is 0 Å². The minimum Gasteiger partial charge on any atom is -0.370 e. The van der Waals surface area contributed by atoms with Crippen molar-refractivity contribution in [1.82, 2.24) is 10.6 Å². The maximum absolute atomic E-state index is 6.62. The zero-order chi connectivity index (χ0) is 5.70. The van der Waals surface area contributed by atoms with Crippen LogP contribution in [0.2, 0.25) is 0 Å². The van der Waals surface area contributed by atoms with Crippen molar-refractivity contribution in [2.75, 3.05) is 13.7 Å². The molecule has 4 nitrogen and oxygen atoms in total. The molecular weight excluding hydrogens is 92.1 g/mol. The van der Waals surface area contributed by atoms with E-state index in [1.54, 1.807) is 7.05 Å². The van der Waals surface area contributed by atoms with E-state index in [0.29, 0.717) is 6.67 Å². The summed E-state index contributed by atoms with van der Waals surface area (Å²) in [5, 5.41) is 11.9. The molecule has 0 aromatic carbocycles. The largest absolute Gasteiger partial charge is 0.370 e. The van der Waals surface area contributed by atoms with Gasteiger partial charge in [0.2, 0.25) is 0 Å². The Hall–Kier alpha value is -0.770. The molecule has 4 heteroatoms. The number of nitrogens with two attached hydrogens (primary N) is 1. The van der Waals surface area contributed by atoms with Crippen LogP contribution in [-0.4, -0.2) is 19.7 Å². The summed E-state index contributed by atoms with van der Waals surface area (Å²) in [7, 11) is 1.77. The van der Waals surface area contributed by atoms with Gasteiger partial charge in [0.1, 0.15) is 0 Å². The smallest absolute Gasteiger partial charge is 0.186 e. The van der Waals surface area contributed by atoms with Gasteiger partial charge in [0.05, 0.1) is 6.67 Å². The van der Waals surface area contributed by atoms with Gasteiger partial charge in [0, 0.05) is 0 Å². The molecule has 0 fully saturated rings. The molecule has 0 saturated carbocycles. The first-order valence-electron chi connectivity index (χ1n) is 2.00. The third-order valence-corrected chi connectivity index (χ3v) is 0.456. The predicted octanol–water partition coefficient (Wildman–Crippen LogP) is -1.35. The zero-order valence-electron chi connectivity index (χ0n) is 4.28. The molecule has 0 spiro atoms. The van der Waals surface area contributed by atoms with Crippen molar-refractivity contribution in [2.24, 2.45) is 5.73 Å². The summed E-state index contributed by atoms with van der Waals surface area (Å²) in [6.07, 6.45) is 0. The molecule has 0 amide bonds. The highest BCUT2D eigenvalue weighted by Crippen LogP contribution is 1.42. The summed E-state index contributed by atoms with van der Waals surface area (Å²) in [5.41, 5.74) is 4.91. The molecule has 7 heavy (non-hydrogen) atoms. The van der Waals surface area contributed by atoms with Gasteiger partial charge in [-0.25, -0.2) is 0 Å². The number of hydrogen-bond acceptors (Lipinski definition) is 2. The van der Waals surface area contributed by atoms with Crippen LogP contribution in [0.15, 0.2) is 0 Å². The molecule has 0 rings (SSSR count). The van der Waals surface area contributed by atoms with E-state index in [-0.39, 0.29) is 5.96 Å². The van der Waals surface area contributed by atoms with Crippen molar-refractivity contribution in [3.63, 3.8) is 0 Å². The zero-order valence-corrected chi connectivity index (χ0v) is 4.28. The van der Waals surface area contributed by atoms with E-state index in [2.05, 4.69) is 10.6 Å². The summed E-state index contributed by atoms with van der Waals surface area (Å²) in [6, 6.07) is 0. The molecular formula is C3H10N4. The maximum atomic E-state index is 6.62. The Balaban J connectivity index is 2.82. The van der Waals surface area contributed by atoms with E-state index in [4.69, 9.17) is 11.1 Å². The predicted molar refractivity (Wildman–Crippen MR) is 29.0 cm³/mol. The molecule has 5 N–H and O–H groups in total. The van der Waals surface area contributed by atoms with Crippen LogP contribution < -0.4 is 16.4 Å². The highest BCUT2D eigenvalue weighted by atomic mass is 15.1. The van der Waals surface area contributed by atoms with Crippen LogP contribution in [0.5, 0.6) is 0 Å².